The maximum Gasteiger partial charge on any atom is 0.117 e. The number of H-pyrrole nitrogens is 1. The van der Waals surface area contributed by atoms with E-state index in [2.05, 4.69) is 33.2 Å². The molecule has 3 N–H and O–H groups in total. The van der Waals surface area contributed by atoms with Crippen molar-refractivity contribution in [1.82, 2.24) is 15.0 Å². The Bertz CT molecular complexity index is 912. The third-order valence-corrected chi connectivity index (χ3v) is 4.29. The van der Waals surface area contributed by atoms with Crippen LogP contribution in [0.5, 0.6) is 0 Å². The van der Waals surface area contributed by atoms with Crippen molar-refractivity contribution in [3.63, 3.8) is 0 Å². The number of nitrogens with one attached hydrogen (secondary N) is 1. The first-order valence-corrected chi connectivity index (χ1v) is 7.37. The van der Waals surface area contributed by atoms with E-state index >= 15 is 0 Å². The van der Waals surface area contributed by atoms with Crippen LogP contribution in [0.15, 0.2) is 64.9 Å². The Labute approximate surface area is 125 Å². The van der Waals surface area contributed by atoms with Gasteiger partial charge in [0.15, 0.2) is 0 Å². The van der Waals surface area contributed by atoms with Gasteiger partial charge in [-0.05, 0) is 30.3 Å². The van der Waals surface area contributed by atoms with Crippen LogP contribution in [0.2, 0.25) is 0 Å². The summed E-state index contributed by atoms with van der Waals surface area (Å²) in [5.74, 6) is 0. The molecule has 21 heavy (non-hydrogen) atoms. The summed E-state index contributed by atoms with van der Waals surface area (Å²) in [5, 5.41) is 4.19. The Kier molecular flexibility index (Phi) is 2.79. The van der Waals surface area contributed by atoms with Crippen LogP contribution in [-0.4, -0.2) is 15.0 Å². The van der Waals surface area contributed by atoms with Crippen LogP contribution in [0.3, 0.4) is 0 Å². The molecule has 0 saturated carbocycles. The number of fused-ring (bicyclic) bond motifs is 2. The molecule has 2 aromatic heterocycles. The molecular formula is C16H12N4S. The molecule has 4 aromatic rings. The van der Waals surface area contributed by atoms with E-state index in [0.717, 1.165) is 26.5 Å². The van der Waals surface area contributed by atoms with Gasteiger partial charge in [-0.15, -0.1) is 0 Å². The van der Waals surface area contributed by atoms with Crippen LogP contribution < -0.4 is 5.73 Å². The second kappa shape index (κ2) is 4.79. The van der Waals surface area contributed by atoms with Gasteiger partial charge in [0.25, 0.3) is 0 Å². The van der Waals surface area contributed by atoms with Crippen LogP contribution >= 0.6 is 11.8 Å². The van der Waals surface area contributed by atoms with Gasteiger partial charge in [0.1, 0.15) is 11.4 Å². The number of aromatic nitrogens is 3. The minimum atomic E-state index is 0.711. The van der Waals surface area contributed by atoms with Gasteiger partial charge in [-0.25, -0.2) is 9.97 Å². The van der Waals surface area contributed by atoms with Gasteiger partial charge in [-0.1, -0.05) is 30.0 Å². The van der Waals surface area contributed by atoms with E-state index in [1.165, 1.54) is 5.39 Å². The molecular weight excluding hydrogens is 280 g/mol. The van der Waals surface area contributed by atoms with Crippen LogP contribution in [0.1, 0.15) is 0 Å². The number of nitrogens with two attached hydrogens (primary N) is 1. The molecule has 4 rings (SSSR count). The molecule has 0 bridgehead atoms. The molecule has 0 aliphatic carbocycles. The number of rotatable bonds is 2. The zero-order chi connectivity index (χ0) is 14.2. The third-order valence-electron chi connectivity index (χ3n) is 3.34. The summed E-state index contributed by atoms with van der Waals surface area (Å²) in [5.41, 5.74) is 8.51. The quantitative estimate of drug-likeness (QED) is 0.435. The van der Waals surface area contributed by atoms with Gasteiger partial charge < -0.3 is 10.7 Å². The van der Waals surface area contributed by atoms with Crippen molar-refractivity contribution in [2.75, 3.05) is 5.73 Å². The highest BCUT2D eigenvalue weighted by Crippen LogP contribution is 2.32. The van der Waals surface area contributed by atoms with Crippen molar-refractivity contribution in [3.8, 4) is 0 Å². The number of para-hydroxylation sites is 1. The fourth-order valence-electron chi connectivity index (χ4n) is 2.34. The smallest absolute Gasteiger partial charge is 0.117 e. The van der Waals surface area contributed by atoms with Crippen LogP contribution in [-0.2, 0) is 0 Å². The molecule has 0 atom stereocenters. The zero-order valence-corrected chi connectivity index (χ0v) is 11.9. The summed E-state index contributed by atoms with van der Waals surface area (Å²) in [7, 11) is 0. The highest BCUT2D eigenvalue weighted by Gasteiger charge is 2.08. The molecule has 0 aliphatic heterocycles. The Morgan fingerprint density at radius 1 is 1.00 bits per heavy atom. The number of aromatic amines is 1. The SMILES string of the molecule is Nc1ccc2c(Sc3cc4ccccc4[nH]3)ncnc2c1. The molecule has 0 fully saturated rings. The standard InChI is InChI=1S/C16H12N4S/c17-11-5-6-12-14(8-11)18-9-19-16(12)21-15-7-10-3-1-2-4-13(10)20-15/h1-9,20H,17H2. The van der Waals surface area contributed by atoms with E-state index in [1.807, 2.05) is 30.3 Å². The number of anilines is 1. The number of nitrogen functional groups attached to an aromatic ring is 1. The van der Waals surface area contributed by atoms with E-state index in [9.17, 15) is 0 Å². The molecule has 0 amide bonds. The number of hydrogen-bond acceptors (Lipinski definition) is 4. The molecule has 102 valence electrons. The number of hydrogen-bond donors (Lipinski definition) is 2. The second-order valence-electron chi connectivity index (χ2n) is 4.78. The Hall–Kier alpha value is -2.53. The van der Waals surface area contributed by atoms with Gasteiger partial charge in [0, 0.05) is 22.0 Å². The van der Waals surface area contributed by atoms with Gasteiger partial charge >= 0.3 is 0 Å². The van der Waals surface area contributed by atoms with E-state index in [1.54, 1.807) is 18.1 Å². The molecule has 0 aliphatic rings. The van der Waals surface area contributed by atoms with Crippen molar-refractivity contribution in [3.05, 3.63) is 54.9 Å². The Morgan fingerprint density at radius 2 is 1.90 bits per heavy atom. The van der Waals surface area contributed by atoms with E-state index < -0.39 is 0 Å². The lowest BCUT2D eigenvalue weighted by Gasteiger charge is -2.03. The zero-order valence-electron chi connectivity index (χ0n) is 11.1. The molecule has 2 aromatic carbocycles. The average molecular weight is 292 g/mol. The summed E-state index contributed by atoms with van der Waals surface area (Å²) in [6.45, 7) is 0. The Balaban J connectivity index is 1.80. The summed E-state index contributed by atoms with van der Waals surface area (Å²) in [4.78, 5) is 12.1. The van der Waals surface area contributed by atoms with Crippen molar-refractivity contribution >= 4 is 39.3 Å². The predicted molar refractivity (Wildman–Crippen MR) is 86.4 cm³/mol. The minimum Gasteiger partial charge on any atom is -0.399 e. The summed E-state index contributed by atoms with van der Waals surface area (Å²) in [6.07, 6.45) is 1.58. The second-order valence-corrected chi connectivity index (χ2v) is 5.81. The normalized spacial score (nSPS) is 11.2. The largest absolute Gasteiger partial charge is 0.399 e. The molecule has 0 saturated heterocycles. The average Bonchev–Trinajstić information content (AvgIpc) is 2.89. The van der Waals surface area contributed by atoms with Crippen molar-refractivity contribution in [2.45, 2.75) is 10.1 Å². The first-order valence-electron chi connectivity index (χ1n) is 6.55. The first kappa shape index (κ1) is 12.2. The molecule has 4 nitrogen and oxygen atoms in total. The van der Waals surface area contributed by atoms with Crippen molar-refractivity contribution in [1.29, 1.82) is 0 Å². The van der Waals surface area contributed by atoms with E-state index in [-0.39, 0.29) is 0 Å². The topological polar surface area (TPSA) is 67.6 Å². The number of benzene rings is 2. The highest BCUT2D eigenvalue weighted by molar-refractivity contribution is 7.99. The van der Waals surface area contributed by atoms with Crippen LogP contribution in [0.4, 0.5) is 5.69 Å². The summed E-state index contributed by atoms with van der Waals surface area (Å²) < 4.78 is 0. The lowest BCUT2D eigenvalue weighted by Crippen LogP contribution is -1.89. The highest BCUT2D eigenvalue weighted by atomic mass is 32.2. The maximum atomic E-state index is 5.80. The predicted octanol–water partition coefficient (Wildman–Crippen LogP) is 3.84. The maximum absolute atomic E-state index is 5.80. The summed E-state index contributed by atoms with van der Waals surface area (Å²) in [6, 6.07) is 16.1. The van der Waals surface area contributed by atoms with Crippen LogP contribution in [0.25, 0.3) is 21.8 Å². The third kappa shape index (κ3) is 2.21. The summed E-state index contributed by atoms with van der Waals surface area (Å²) >= 11 is 1.60. The van der Waals surface area contributed by atoms with Gasteiger partial charge in [-0.2, -0.15) is 0 Å². The first-order chi connectivity index (χ1) is 10.3. The van der Waals surface area contributed by atoms with E-state index in [0.29, 0.717) is 5.69 Å². The molecule has 2 heterocycles. The van der Waals surface area contributed by atoms with Crippen LogP contribution in [0, 0.1) is 0 Å². The van der Waals surface area contributed by atoms with Gasteiger partial charge in [0.05, 0.1) is 10.5 Å². The molecule has 0 radical (unpaired) electrons. The molecule has 5 heteroatoms. The van der Waals surface area contributed by atoms with Crippen molar-refractivity contribution in [2.24, 2.45) is 0 Å². The molecule has 0 unspecified atom stereocenters. The van der Waals surface area contributed by atoms with Gasteiger partial charge in [0.2, 0.25) is 0 Å². The Morgan fingerprint density at radius 3 is 2.81 bits per heavy atom. The van der Waals surface area contributed by atoms with Gasteiger partial charge in [-0.3, -0.25) is 0 Å². The lowest BCUT2D eigenvalue weighted by atomic mass is 10.2. The van der Waals surface area contributed by atoms with E-state index in [4.69, 9.17) is 5.73 Å². The van der Waals surface area contributed by atoms with Crippen molar-refractivity contribution < 1.29 is 0 Å². The molecule has 0 spiro atoms. The fourth-order valence-corrected chi connectivity index (χ4v) is 3.27. The minimum absolute atomic E-state index is 0.711. The lowest BCUT2D eigenvalue weighted by molar-refractivity contribution is 1.09. The monoisotopic (exact) mass is 292 g/mol. The fraction of sp³-hybridized carbons (Fsp3) is 0. The number of nitrogens with zero attached hydrogens (tertiary/aromatic N) is 2.